The summed E-state index contributed by atoms with van der Waals surface area (Å²) in [4.78, 5) is 41.8. The highest BCUT2D eigenvalue weighted by Crippen LogP contribution is 2.29. The molecule has 2 aromatic heterocycles. The smallest absolute Gasteiger partial charge is 0.338 e. The second-order valence-corrected chi connectivity index (χ2v) is 6.97. The van der Waals surface area contributed by atoms with Crippen LogP contribution in [0.5, 0.6) is 0 Å². The minimum Gasteiger partial charge on any atom is -0.462 e. The van der Waals surface area contributed by atoms with Crippen LogP contribution in [-0.4, -0.2) is 28.0 Å². The molecule has 2 amide bonds. The number of ether oxygens (including phenoxy) is 1. The molecule has 1 atom stereocenters. The Morgan fingerprint density at radius 2 is 2.11 bits per heavy atom. The van der Waals surface area contributed by atoms with E-state index >= 15 is 0 Å². The van der Waals surface area contributed by atoms with E-state index < -0.39 is 23.6 Å². The summed E-state index contributed by atoms with van der Waals surface area (Å²) in [5.41, 5.74) is 0.310. The van der Waals surface area contributed by atoms with Gasteiger partial charge in [-0.3, -0.25) is 9.20 Å². The highest BCUT2D eigenvalue weighted by molar-refractivity contribution is 6.30. The van der Waals surface area contributed by atoms with Crippen LogP contribution in [0, 0.1) is 5.92 Å². The molecule has 0 spiro atoms. The molecule has 1 aliphatic heterocycles. The lowest BCUT2D eigenvalue weighted by molar-refractivity contribution is -0.140. The van der Waals surface area contributed by atoms with Crippen molar-refractivity contribution in [3.63, 3.8) is 0 Å². The fourth-order valence-corrected chi connectivity index (χ4v) is 3.10. The molecule has 2 N–H and O–H groups in total. The maximum atomic E-state index is 13.0. The summed E-state index contributed by atoms with van der Waals surface area (Å²) in [7, 11) is 0. The number of hydrogen-bond acceptors (Lipinski definition) is 5. The number of fused-ring (bicyclic) bond motifs is 1. The van der Waals surface area contributed by atoms with Crippen molar-refractivity contribution in [2.24, 2.45) is 5.92 Å². The summed E-state index contributed by atoms with van der Waals surface area (Å²) in [6.45, 7) is 5.59. The van der Waals surface area contributed by atoms with Crippen molar-refractivity contribution in [1.82, 2.24) is 20.0 Å². The minimum absolute atomic E-state index is 0.00561. The standard InChI is InChI=1S/C18H19ClN4O4/c1-9(2)8-27-17(25)12-10(3)20-18(26)22-14(12)13-15(19)21-11-6-4-5-7-23(11)16(13)24/h4-7,9,14H,8H2,1-3H3,(H2,20,22,26)/t14-/m1/s1. The van der Waals surface area contributed by atoms with Crippen LogP contribution in [0.1, 0.15) is 32.4 Å². The predicted octanol–water partition coefficient (Wildman–Crippen LogP) is 2.17. The number of esters is 1. The first-order chi connectivity index (χ1) is 12.8. The lowest BCUT2D eigenvalue weighted by atomic mass is 9.97. The topological polar surface area (TPSA) is 102 Å². The van der Waals surface area contributed by atoms with Crippen LogP contribution in [0.25, 0.3) is 5.65 Å². The van der Waals surface area contributed by atoms with Crippen molar-refractivity contribution < 1.29 is 14.3 Å². The van der Waals surface area contributed by atoms with E-state index in [1.165, 1.54) is 4.40 Å². The van der Waals surface area contributed by atoms with Gasteiger partial charge in [0.25, 0.3) is 5.56 Å². The second kappa shape index (κ2) is 7.40. The molecule has 0 unspecified atom stereocenters. The fraction of sp³-hybridized carbons (Fsp3) is 0.333. The summed E-state index contributed by atoms with van der Waals surface area (Å²) >= 11 is 6.26. The second-order valence-electron chi connectivity index (χ2n) is 6.61. The van der Waals surface area contributed by atoms with E-state index in [1.807, 2.05) is 13.8 Å². The molecule has 3 heterocycles. The van der Waals surface area contributed by atoms with Gasteiger partial charge >= 0.3 is 12.0 Å². The summed E-state index contributed by atoms with van der Waals surface area (Å²) < 4.78 is 6.61. The zero-order valence-electron chi connectivity index (χ0n) is 15.1. The van der Waals surface area contributed by atoms with Gasteiger partial charge in [-0.05, 0) is 25.0 Å². The number of pyridine rings is 1. The zero-order valence-corrected chi connectivity index (χ0v) is 15.8. The van der Waals surface area contributed by atoms with Crippen LogP contribution in [0.15, 0.2) is 40.5 Å². The molecular weight excluding hydrogens is 372 g/mol. The number of carbonyl (C=O) groups excluding carboxylic acids is 2. The molecule has 8 nitrogen and oxygen atoms in total. The average Bonchev–Trinajstić information content (AvgIpc) is 2.59. The number of rotatable bonds is 4. The molecule has 1 aliphatic rings. The number of hydrogen-bond donors (Lipinski definition) is 2. The molecule has 9 heteroatoms. The maximum absolute atomic E-state index is 13.0. The lowest BCUT2D eigenvalue weighted by Crippen LogP contribution is -2.47. The van der Waals surface area contributed by atoms with Gasteiger partial charge in [0.2, 0.25) is 0 Å². The normalized spacial score (nSPS) is 17.1. The highest BCUT2D eigenvalue weighted by Gasteiger charge is 2.36. The van der Waals surface area contributed by atoms with Gasteiger partial charge in [-0.2, -0.15) is 0 Å². The number of halogens is 1. The Labute approximate surface area is 160 Å². The molecule has 142 valence electrons. The van der Waals surface area contributed by atoms with Crippen LogP contribution < -0.4 is 16.2 Å². The van der Waals surface area contributed by atoms with E-state index in [9.17, 15) is 14.4 Å². The van der Waals surface area contributed by atoms with Gasteiger partial charge in [0.1, 0.15) is 10.8 Å². The summed E-state index contributed by atoms with van der Waals surface area (Å²) in [5.74, 6) is -0.497. The Kier molecular flexibility index (Phi) is 5.18. The predicted molar refractivity (Wildman–Crippen MR) is 99.4 cm³/mol. The van der Waals surface area contributed by atoms with Crippen LogP contribution in [0.2, 0.25) is 5.15 Å². The Morgan fingerprint density at radius 1 is 1.37 bits per heavy atom. The molecule has 0 saturated heterocycles. The molecule has 0 aromatic carbocycles. The first-order valence-electron chi connectivity index (χ1n) is 8.41. The Morgan fingerprint density at radius 3 is 2.81 bits per heavy atom. The van der Waals surface area contributed by atoms with E-state index in [1.54, 1.807) is 31.3 Å². The number of urea groups is 1. The number of amides is 2. The maximum Gasteiger partial charge on any atom is 0.338 e. The third-order valence-electron chi connectivity index (χ3n) is 4.05. The van der Waals surface area contributed by atoms with Crippen LogP contribution in [0.4, 0.5) is 4.79 Å². The van der Waals surface area contributed by atoms with Crippen molar-refractivity contribution in [3.05, 3.63) is 56.7 Å². The zero-order chi connectivity index (χ0) is 19.7. The molecule has 0 fully saturated rings. The quantitative estimate of drug-likeness (QED) is 0.615. The van der Waals surface area contributed by atoms with Gasteiger partial charge in [-0.25, -0.2) is 14.6 Å². The number of allylic oxidation sites excluding steroid dienone is 1. The van der Waals surface area contributed by atoms with Crippen molar-refractivity contribution >= 4 is 29.2 Å². The first-order valence-corrected chi connectivity index (χ1v) is 8.79. The molecule has 0 bridgehead atoms. The van der Waals surface area contributed by atoms with Gasteiger partial charge in [-0.15, -0.1) is 0 Å². The van der Waals surface area contributed by atoms with Crippen molar-refractivity contribution in [3.8, 4) is 0 Å². The third-order valence-corrected chi connectivity index (χ3v) is 4.34. The van der Waals surface area contributed by atoms with Gasteiger partial charge in [0.05, 0.1) is 23.8 Å². The van der Waals surface area contributed by atoms with Crippen LogP contribution in [0.3, 0.4) is 0 Å². The lowest BCUT2D eigenvalue weighted by Gasteiger charge is -2.28. The summed E-state index contributed by atoms with van der Waals surface area (Å²) in [5, 5.41) is 5.03. The molecule has 0 saturated carbocycles. The molecular formula is C18H19ClN4O4. The van der Waals surface area contributed by atoms with Crippen molar-refractivity contribution in [1.29, 1.82) is 0 Å². The van der Waals surface area contributed by atoms with E-state index in [2.05, 4.69) is 15.6 Å². The minimum atomic E-state index is -1.07. The van der Waals surface area contributed by atoms with Crippen molar-refractivity contribution in [2.75, 3.05) is 6.61 Å². The van der Waals surface area contributed by atoms with Gasteiger partial charge in [0, 0.05) is 11.9 Å². The Balaban J connectivity index is 2.14. The van der Waals surface area contributed by atoms with Crippen LogP contribution >= 0.6 is 11.6 Å². The van der Waals surface area contributed by atoms with Crippen LogP contribution in [-0.2, 0) is 9.53 Å². The van der Waals surface area contributed by atoms with Crippen molar-refractivity contribution in [2.45, 2.75) is 26.8 Å². The van der Waals surface area contributed by atoms with E-state index in [4.69, 9.17) is 16.3 Å². The largest absolute Gasteiger partial charge is 0.462 e. The summed E-state index contributed by atoms with van der Waals surface area (Å²) in [6.07, 6.45) is 1.54. The van der Waals surface area contributed by atoms with E-state index in [0.717, 1.165) is 0 Å². The van der Waals surface area contributed by atoms with Gasteiger partial charge in [0.15, 0.2) is 0 Å². The number of carbonyl (C=O) groups is 2. The Bertz CT molecular complexity index is 1010. The molecule has 27 heavy (non-hydrogen) atoms. The monoisotopic (exact) mass is 390 g/mol. The first kappa shape index (κ1) is 18.9. The van der Waals surface area contributed by atoms with E-state index in [0.29, 0.717) is 11.3 Å². The number of aromatic nitrogens is 2. The average molecular weight is 391 g/mol. The van der Waals surface area contributed by atoms with Gasteiger partial charge < -0.3 is 15.4 Å². The molecule has 2 aromatic rings. The highest BCUT2D eigenvalue weighted by atomic mass is 35.5. The van der Waals surface area contributed by atoms with E-state index in [-0.39, 0.29) is 28.8 Å². The Hall–Kier alpha value is -2.87. The number of nitrogens with one attached hydrogen (secondary N) is 2. The summed E-state index contributed by atoms with van der Waals surface area (Å²) in [6, 6.07) is 3.42. The molecule has 0 aliphatic carbocycles. The SMILES string of the molecule is CC1=C(C(=O)OCC(C)C)[C@H](c2c(Cl)nc3ccccn3c2=O)NC(=O)N1. The third kappa shape index (κ3) is 3.66. The molecule has 0 radical (unpaired) electrons. The fourth-order valence-electron chi connectivity index (χ4n) is 2.82. The number of nitrogens with zero attached hydrogens (tertiary/aromatic N) is 2. The van der Waals surface area contributed by atoms with Gasteiger partial charge in [-0.1, -0.05) is 31.5 Å². The molecule has 3 rings (SSSR count).